The summed E-state index contributed by atoms with van der Waals surface area (Å²) >= 11 is 9.87. The van der Waals surface area contributed by atoms with Gasteiger partial charge in [0.1, 0.15) is 11.5 Å². The highest BCUT2D eigenvalue weighted by Crippen LogP contribution is 2.29. The zero-order valence-corrected chi connectivity index (χ0v) is 10.8. The van der Waals surface area contributed by atoms with E-state index in [4.69, 9.17) is 21.1 Å². The van der Waals surface area contributed by atoms with Crippen LogP contribution in [0.4, 0.5) is 0 Å². The molecule has 0 saturated carbocycles. The summed E-state index contributed by atoms with van der Waals surface area (Å²) in [5.41, 5.74) is 0.759. The van der Waals surface area contributed by atoms with E-state index in [-0.39, 0.29) is 4.91 Å². The van der Waals surface area contributed by atoms with E-state index in [9.17, 15) is 4.79 Å². The summed E-state index contributed by atoms with van der Waals surface area (Å²) in [6.07, 6.45) is 1.34. The molecule has 0 atom stereocenters. The number of hydrogen-bond donors (Lipinski definition) is 2. The minimum Gasteiger partial charge on any atom is -0.477 e. The van der Waals surface area contributed by atoms with Crippen LogP contribution in [-0.4, -0.2) is 11.1 Å². The summed E-state index contributed by atoms with van der Waals surface area (Å²) in [6, 6.07) is 10.7. The van der Waals surface area contributed by atoms with Crippen LogP contribution in [0, 0.1) is 0 Å². The van der Waals surface area contributed by atoms with Crippen LogP contribution in [0.3, 0.4) is 0 Å². The van der Waals surface area contributed by atoms with Crippen LogP contribution >= 0.6 is 24.2 Å². The highest BCUT2D eigenvalue weighted by atomic mass is 35.5. The summed E-state index contributed by atoms with van der Waals surface area (Å²) in [4.78, 5) is 10.5. The van der Waals surface area contributed by atoms with Gasteiger partial charge in [-0.05, 0) is 24.3 Å². The molecule has 0 saturated heterocycles. The Bertz CT molecular complexity index is 616. The molecule has 2 aromatic rings. The topological polar surface area (TPSA) is 50.4 Å². The van der Waals surface area contributed by atoms with Crippen molar-refractivity contribution in [3.05, 3.63) is 52.1 Å². The number of aliphatic carboxylic acids is 1. The average Bonchev–Trinajstić information content (AvgIpc) is 2.77. The fourth-order valence-corrected chi connectivity index (χ4v) is 1.79. The molecule has 0 aliphatic carbocycles. The van der Waals surface area contributed by atoms with Crippen molar-refractivity contribution in [3.63, 3.8) is 0 Å². The molecule has 0 fully saturated rings. The van der Waals surface area contributed by atoms with Crippen molar-refractivity contribution in [2.75, 3.05) is 0 Å². The normalized spacial score (nSPS) is 11.6. The second-order valence-electron chi connectivity index (χ2n) is 3.52. The molecule has 0 aliphatic heterocycles. The first-order chi connectivity index (χ1) is 8.58. The lowest BCUT2D eigenvalue weighted by Gasteiger charge is -1.99. The molecule has 1 aromatic heterocycles. The zero-order valence-electron chi connectivity index (χ0n) is 9.13. The fourth-order valence-electron chi connectivity index (χ4n) is 1.43. The van der Waals surface area contributed by atoms with Gasteiger partial charge in [-0.1, -0.05) is 23.7 Å². The molecule has 5 heteroatoms. The molecule has 18 heavy (non-hydrogen) atoms. The summed E-state index contributed by atoms with van der Waals surface area (Å²) < 4.78 is 5.50. The van der Waals surface area contributed by atoms with Crippen molar-refractivity contribution < 1.29 is 14.3 Å². The third-order valence-electron chi connectivity index (χ3n) is 2.26. The number of carboxylic acids is 1. The van der Waals surface area contributed by atoms with Gasteiger partial charge >= 0.3 is 5.97 Å². The van der Waals surface area contributed by atoms with Gasteiger partial charge in [-0.3, -0.25) is 0 Å². The van der Waals surface area contributed by atoms with Gasteiger partial charge in [0.25, 0.3) is 0 Å². The third-order valence-corrected chi connectivity index (χ3v) is 2.91. The smallest absolute Gasteiger partial charge is 0.342 e. The van der Waals surface area contributed by atoms with Crippen molar-refractivity contribution in [3.8, 4) is 11.3 Å². The van der Waals surface area contributed by atoms with Crippen LogP contribution in [0.2, 0.25) is 5.02 Å². The summed E-state index contributed by atoms with van der Waals surface area (Å²) in [5.74, 6) is -0.107. The maximum absolute atomic E-state index is 10.6. The highest BCUT2D eigenvalue weighted by Gasteiger charge is 2.08. The standard InChI is InChI=1S/C13H9ClO3S/c14-10-4-2-1-3-9(10)11-6-5-8(17-11)7-12(18)13(15)16/h1-7,18H,(H,15,16)/b12-7-. The van der Waals surface area contributed by atoms with E-state index >= 15 is 0 Å². The van der Waals surface area contributed by atoms with E-state index in [0.29, 0.717) is 16.5 Å². The number of furan rings is 1. The summed E-state index contributed by atoms with van der Waals surface area (Å²) in [7, 11) is 0. The Hall–Kier alpha value is -1.65. The number of hydrogen-bond acceptors (Lipinski definition) is 3. The quantitative estimate of drug-likeness (QED) is 0.661. The number of carbonyl (C=O) groups is 1. The van der Waals surface area contributed by atoms with Gasteiger partial charge < -0.3 is 9.52 Å². The van der Waals surface area contributed by atoms with Crippen LogP contribution in [0.25, 0.3) is 17.4 Å². The Kier molecular flexibility index (Phi) is 3.79. The summed E-state index contributed by atoms with van der Waals surface area (Å²) in [6.45, 7) is 0. The predicted molar refractivity (Wildman–Crippen MR) is 73.8 cm³/mol. The molecule has 0 aliphatic rings. The van der Waals surface area contributed by atoms with Crippen LogP contribution in [0.5, 0.6) is 0 Å². The van der Waals surface area contributed by atoms with Gasteiger partial charge in [0.15, 0.2) is 0 Å². The molecule has 1 N–H and O–H groups in total. The molecule has 0 bridgehead atoms. The Morgan fingerprint density at radius 2 is 2.00 bits per heavy atom. The molecule has 0 unspecified atom stereocenters. The minimum absolute atomic E-state index is 0.0879. The van der Waals surface area contributed by atoms with Crippen molar-refractivity contribution in [1.82, 2.24) is 0 Å². The third kappa shape index (κ3) is 2.78. The Labute approximate surface area is 114 Å². The number of carboxylic acid groups (broad SMARTS) is 1. The van der Waals surface area contributed by atoms with Crippen LogP contribution in [-0.2, 0) is 4.79 Å². The van der Waals surface area contributed by atoms with E-state index in [1.165, 1.54) is 6.08 Å². The highest BCUT2D eigenvalue weighted by molar-refractivity contribution is 7.85. The molecule has 2 rings (SSSR count). The van der Waals surface area contributed by atoms with Gasteiger partial charge in [0.2, 0.25) is 0 Å². The van der Waals surface area contributed by atoms with Crippen molar-refractivity contribution in [1.29, 1.82) is 0 Å². The van der Waals surface area contributed by atoms with Crippen molar-refractivity contribution in [2.45, 2.75) is 0 Å². The maximum atomic E-state index is 10.6. The van der Waals surface area contributed by atoms with Gasteiger partial charge in [-0.15, -0.1) is 12.6 Å². The largest absolute Gasteiger partial charge is 0.477 e. The zero-order chi connectivity index (χ0) is 13.1. The Morgan fingerprint density at radius 3 is 2.67 bits per heavy atom. The summed E-state index contributed by atoms with van der Waals surface area (Å²) in [5, 5.41) is 9.28. The fraction of sp³-hybridized carbons (Fsp3) is 0. The Morgan fingerprint density at radius 1 is 1.28 bits per heavy atom. The lowest BCUT2D eigenvalue weighted by atomic mass is 10.2. The molecule has 3 nitrogen and oxygen atoms in total. The number of rotatable bonds is 3. The molecule has 0 amide bonds. The number of halogens is 1. The average molecular weight is 281 g/mol. The van der Waals surface area contributed by atoms with Gasteiger partial charge in [0.05, 0.1) is 9.93 Å². The molecule has 0 radical (unpaired) electrons. The van der Waals surface area contributed by atoms with Gasteiger partial charge in [-0.2, -0.15) is 0 Å². The van der Waals surface area contributed by atoms with E-state index in [1.807, 2.05) is 18.2 Å². The second-order valence-corrected chi connectivity index (χ2v) is 4.41. The molecular weight excluding hydrogens is 272 g/mol. The first-order valence-corrected chi connectivity index (χ1v) is 5.89. The lowest BCUT2D eigenvalue weighted by Crippen LogP contribution is -1.92. The van der Waals surface area contributed by atoms with Crippen LogP contribution in [0.1, 0.15) is 5.76 Å². The van der Waals surface area contributed by atoms with Gasteiger partial charge in [0, 0.05) is 11.6 Å². The second kappa shape index (κ2) is 5.33. The minimum atomic E-state index is -1.10. The first-order valence-electron chi connectivity index (χ1n) is 5.06. The molecule has 0 spiro atoms. The van der Waals surface area contributed by atoms with E-state index < -0.39 is 5.97 Å². The van der Waals surface area contributed by atoms with Crippen molar-refractivity contribution >= 4 is 36.3 Å². The maximum Gasteiger partial charge on any atom is 0.342 e. The molecule has 92 valence electrons. The Balaban J connectivity index is 2.35. The molecule has 1 aromatic carbocycles. The van der Waals surface area contributed by atoms with Crippen molar-refractivity contribution in [2.24, 2.45) is 0 Å². The number of thiol groups is 1. The SMILES string of the molecule is O=C(O)/C(S)=C/c1ccc(-c2ccccc2Cl)o1. The predicted octanol–water partition coefficient (Wildman–Crippen LogP) is 3.96. The van der Waals surface area contributed by atoms with Crippen LogP contribution in [0.15, 0.2) is 45.7 Å². The number of benzene rings is 1. The van der Waals surface area contributed by atoms with E-state index in [1.54, 1.807) is 18.2 Å². The molecule has 1 heterocycles. The van der Waals surface area contributed by atoms with E-state index in [0.717, 1.165) is 5.56 Å². The van der Waals surface area contributed by atoms with Crippen LogP contribution < -0.4 is 0 Å². The molecular formula is C13H9ClO3S. The monoisotopic (exact) mass is 280 g/mol. The van der Waals surface area contributed by atoms with E-state index in [2.05, 4.69) is 12.6 Å². The first kappa shape index (κ1) is 12.8. The lowest BCUT2D eigenvalue weighted by molar-refractivity contribution is -0.131. The van der Waals surface area contributed by atoms with Gasteiger partial charge in [-0.25, -0.2) is 4.79 Å².